The number of nitrogens with one attached hydrogen (secondary N) is 1. The Morgan fingerprint density at radius 3 is 2.76 bits per heavy atom. The molecule has 0 aliphatic rings. The Morgan fingerprint density at radius 2 is 1.96 bits per heavy atom. The number of hydrogen-bond donors (Lipinski definition) is 1. The van der Waals surface area contributed by atoms with Crippen LogP contribution in [0.4, 0.5) is 0 Å². The van der Waals surface area contributed by atoms with Gasteiger partial charge in [-0.3, -0.25) is 14.2 Å². The Kier molecular flexibility index (Phi) is 5.50. The molecule has 0 aliphatic carbocycles. The first-order chi connectivity index (χ1) is 12.1. The van der Waals surface area contributed by atoms with Gasteiger partial charge in [-0.15, -0.1) is 11.8 Å². The molecule has 0 aliphatic heterocycles. The highest BCUT2D eigenvalue weighted by molar-refractivity contribution is 7.99. The average Bonchev–Trinajstić information content (AvgIpc) is 2.63. The lowest BCUT2D eigenvalue weighted by molar-refractivity contribution is -0.121. The number of para-hydroxylation sites is 1. The van der Waals surface area contributed by atoms with E-state index in [0.29, 0.717) is 17.4 Å². The molecule has 5 nitrogen and oxygen atoms in total. The molecule has 1 N–H and O–H groups in total. The number of rotatable bonds is 6. The highest BCUT2D eigenvalue weighted by Crippen LogP contribution is 2.15. The summed E-state index contributed by atoms with van der Waals surface area (Å²) in [6, 6.07) is 15.5. The van der Waals surface area contributed by atoms with E-state index in [0.717, 1.165) is 11.3 Å². The summed E-state index contributed by atoms with van der Waals surface area (Å²) < 4.78 is 1.35. The minimum absolute atomic E-state index is 0.0221. The first-order valence-corrected chi connectivity index (χ1v) is 9.03. The van der Waals surface area contributed by atoms with Gasteiger partial charge in [0.1, 0.15) is 6.54 Å². The fraction of sp³-hybridized carbons (Fsp3) is 0.211. The van der Waals surface area contributed by atoms with Crippen molar-refractivity contribution >= 4 is 28.6 Å². The molecule has 0 fully saturated rings. The lowest BCUT2D eigenvalue weighted by atomic mass is 10.1. The molecule has 2 aromatic carbocycles. The van der Waals surface area contributed by atoms with Gasteiger partial charge in [-0.2, -0.15) is 0 Å². The van der Waals surface area contributed by atoms with Crippen LogP contribution in [0.3, 0.4) is 0 Å². The number of aryl methyl sites for hydroxylation is 1. The van der Waals surface area contributed by atoms with Gasteiger partial charge >= 0.3 is 0 Å². The van der Waals surface area contributed by atoms with E-state index < -0.39 is 0 Å². The highest BCUT2D eigenvalue weighted by Gasteiger charge is 2.09. The summed E-state index contributed by atoms with van der Waals surface area (Å²) in [7, 11) is 0. The Bertz CT molecular complexity index is 938. The van der Waals surface area contributed by atoms with Crippen molar-refractivity contribution in [2.45, 2.75) is 18.4 Å². The second-order valence-electron chi connectivity index (χ2n) is 5.66. The number of carbonyl (C=O) groups excluding carboxylic acids is 1. The van der Waals surface area contributed by atoms with Crippen molar-refractivity contribution in [1.29, 1.82) is 0 Å². The standard InChI is InChI=1S/C19H19N3O2S/c1-14-6-5-9-16-18(14)21-13-22(19(16)24)12-17(23)20-10-11-25-15-7-3-2-4-8-15/h2-9,13H,10-12H2,1H3,(H,20,23). The van der Waals surface area contributed by atoms with E-state index in [1.807, 2.05) is 49.4 Å². The fourth-order valence-electron chi connectivity index (χ4n) is 2.54. The summed E-state index contributed by atoms with van der Waals surface area (Å²) in [5.74, 6) is 0.587. The molecule has 1 amide bonds. The average molecular weight is 353 g/mol. The van der Waals surface area contributed by atoms with Crippen LogP contribution in [-0.2, 0) is 11.3 Å². The van der Waals surface area contributed by atoms with Crippen LogP contribution in [0.5, 0.6) is 0 Å². The molecule has 3 aromatic rings. The van der Waals surface area contributed by atoms with E-state index in [-0.39, 0.29) is 18.0 Å². The molecule has 0 spiro atoms. The molecule has 6 heteroatoms. The molecular formula is C19H19N3O2S. The molecular weight excluding hydrogens is 334 g/mol. The third kappa shape index (κ3) is 4.28. The Balaban J connectivity index is 1.57. The summed E-state index contributed by atoms with van der Waals surface area (Å²) in [5, 5.41) is 3.38. The summed E-state index contributed by atoms with van der Waals surface area (Å²) in [6.45, 7) is 2.44. The van der Waals surface area contributed by atoms with Crippen LogP contribution in [0.15, 0.2) is 64.5 Å². The maximum Gasteiger partial charge on any atom is 0.261 e. The van der Waals surface area contributed by atoms with E-state index in [1.165, 1.54) is 15.8 Å². The van der Waals surface area contributed by atoms with Crippen molar-refractivity contribution in [2.75, 3.05) is 12.3 Å². The lowest BCUT2D eigenvalue weighted by Crippen LogP contribution is -2.33. The number of thioether (sulfide) groups is 1. The predicted molar refractivity (Wildman–Crippen MR) is 101 cm³/mol. The number of aromatic nitrogens is 2. The number of amides is 1. The molecule has 0 saturated heterocycles. The monoisotopic (exact) mass is 353 g/mol. The lowest BCUT2D eigenvalue weighted by Gasteiger charge is -2.08. The SMILES string of the molecule is Cc1cccc2c(=O)n(CC(=O)NCCSc3ccccc3)cnc12. The van der Waals surface area contributed by atoms with Crippen LogP contribution in [0, 0.1) is 6.92 Å². The van der Waals surface area contributed by atoms with Gasteiger partial charge in [0.25, 0.3) is 5.56 Å². The summed E-state index contributed by atoms with van der Waals surface area (Å²) in [5.41, 5.74) is 1.44. The van der Waals surface area contributed by atoms with E-state index in [4.69, 9.17) is 0 Å². The van der Waals surface area contributed by atoms with Crippen LogP contribution in [0.25, 0.3) is 10.9 Å². The van der Waals surface area contributed by atoms with E-state index in [2.05, 4.69) is 10.3 Å². The van der Waals surface area contributed by atoms with Gasteiger partial charge in [0.2, 0.25) is 5.91 Å². The van der Waals surface area contributed by atoms with Gasteiger partial charge in [-0.05, 0) is 30.7 Å². The summed E-state index contributed by atoms with van der Waals surface area (Å²) in [6.07, 6.45) is 1.44. The Labute approximate surface area is 150 Å². The van der Waals surface area contributed by atoms with Gasteiger partial charge < -0.3 is 5.32 Å². The summed E-state index contributed by atoms with van der Waals surface area (Å²) in [4.78, 5) is 30.0. The number of hydrogen-bond acceptors (Lipinski definition) is 4. The zero-order chi connectivity index (χ0) is 17.6. The highest BCUT2D eigenvalue weighted by atomic mass is 32.2. The van der Waals surface area contributed by atoms with Crippen LogP contribution >= 0.6 is 11.8 Å². The molecule has 0 radical (unpaired) electrons. The van der Waals surface area contributed by atoms with Crippen molar-refractivity contribution < 1.29 is 4.79 Å². The number of carbonyl (C=O) groups is 1. The van der Waals surface area contributed by atoms with Crippen molar-refractivity contribution in [3.8, 4) is 0 Å². The van der Waals surface area contributed by atoms with Crippen LogP contribution in [-0.4, -0.2) is 27.8 Å². The third-order valence-electron chi connectivity index (χ3n) is 3.81. The van der Waals surface area contributed by atoms with E-state index >= 15 is 0 Å². The predicted octanol–water partition coefficient (Wildman–Crippen LogP) is 2.61. The molecule has 128 valence electrons. The molecule has 0 atom stereocenters. The van der Waals surface area contributed by atoms with Crippen LogP contribution in [0.2, 0.25) is 0 Å². The Morgan fingerprint density at radius 1 is 1.16 bits per heavy atom. The molecule has 3 rings (SSSR count). The second kappa shape index (κ2) is 7.98. The molecule has 25 heavy (non-hydrogen) atoms. The van der Waals surface area contributed by atoms with Crippen molar-refractivity contribution in [3.05, 3.63) is 70.8 Å². The minimum Gasteiger partial charge on any atom is -0.354 e. The van der Waals surface area contributed by atoms with E-state index in [1.54, 1.807) is 17.8 Å². The van der Waals surface area contributed by atoms with Gasteiger partial charge in [-0.25, -0.2) is 4.98 Å². The van der Waals surface area contributed by atoms with Crippen LogP contribution < -0.4 is 10.9 Å². The van der Waals surface area contributed by atoms with Gasteiger partial charge in [0, 0.05) is 17.2 Å². The van der Waals surface area contributed by atoms with Crippen molar-refractivity contribution in [2.24, 2.45) is 0 Å². The fourth-order valence-corrected chi connectivity index (χ4v) is 3.33. The zero-order valence-electron chi connectivity index (χ0n) is 13.9. The molecule has 1 aromatic heterocycles. The van der Waals surface area contributed by atoms with Gasteiger partial charge in [-0.1, -0.05) is 30.3 Å². The molecule has 1 heterocycles. The first kappa shape index (κ1) is 17.2. The Hall–Kier alpha value is -2.60. The van der Waals surface area contributed by atoms with Crippen molar-refractivity contribution in [1.82, 2.24) is 14.9 Å². The molecule has 0 bridgehead atoms. The smallest absolute Gasteiger partial charge is 0.261 e. The van der Waals surface area contributed by atoms with E-state index in [9.17, 15) is 9.59 Å². The number of benzene rings is 2. The third-order valence-corrected chi connectivity index (χ3v) is 4.82. The normalized spacial score (nSPS) is 10.8. The quantitative estimate of drug-likeness (QED) is 0.546. The van der Waals surface area contributed by atoms with Gasteiger partial charge in [0.15, 0.2) is 0 Å². The molecule has 0 unspecified atom stereocenters. The minimum atomic E-state index is -0.192. The van der Waals surface area contributed by atoms with Crippen molar-refractivity contribution in [3.63, 3.8) is 0 Å². The first-order valence-electron chi connectivity index (χ1n) is 8.04. The maximum atomic E-state index is 12.5. The zero-order valence-corrected chi connectivity index (χ0v) is 14.8. The number of nitrogens with zero attached hydrogens (tertiary/aromatic N) is 2. The van der Waals surface area contributed by atoms with Gasteiger partial charge in [0.05, 0.1) is 17.2 Å². The largest absolute Gasteiger partial charge is 0.354 e. The number of fused-ring (bicyclic) bond motifs is 1. The summed E-state index contributed by atoms with van der Waals surface area (Å²) >= 11 is 1.68. The topological polar surface area (TPSA) is 64.0 Å². The second-order valence-corrected chi connectivity index (χ2v) is 6.83. The molecule has 0 saturated carbocycles. The maximum absolute atomic E-state index is 12.5. The van der Waals surface area contributed by atoms with Crippen LogP contribution in [0.1, 0.15) is 5.56 Å².